The topological polar surface area (TPSA) is 58.4 Å². The average Bonchev–Trinajstić information content (AvgIpc) is 2.47. The number of amides is 1. The normalized spacial score (nSPS) is 20.0. The van der Waals surface area contributed by atoms with Crippen molar-refractivity contribution in [3.63, 3.8) is 0 Å². The van der Waals surface area contributed by atoms with Crippen molar-refractivity contribution in [2.24, 2.45) is 11.7 Å². The van der Waals surface area contributed by atoms with Crippen molar-refractivity contribution in [3.05, 3.63) is 29.8 Å². The standard InChI is InChI=1S/C18H29N3O.ClH/c1-13(2)15-6-4-8-17(10-15)20-18(22)12-21-9-5-7-16(11-21)14(3)19;/h4,6,8,10,13-14,16H,5,7,9,11-12,19H2,1-3H3,(H,20,22);1H. The van der Waals surface area contributed by atoms with Gasteiger partial charge in [-0.1, -0.05) is 26.0 Å². The van der Waals surface area contributed by atoms with Gasteiger partial charge in [0.25, 0.3) is 0 Å². The lowest BCUT2D eigenvalue weighted by molar-refractivity contribution is -0.117. The first-order chi connectivity index (χ1) is 10.5. The average molecular weight is 340 g/mol. The van der Waals surface area contributed by atoms with Crippen LogP contribution in [-0.2, 0) is 4.79 Å². The van der Waals surface area contributed by atoms with Gasteiger partial charge in [-0.3, -0.25) is 9.69 Å². The van der Waals surface area contributed by atoms with Gasteiger partial charge < -0.3 is 11.1 Å². The highest BCUT2D eigenvalue weighted by Crippen LogP contribution is 2.20. The highest BCUT2D eigenvalue weighted by molar-refractivity contribution is 5.92. The van der Waals surface area contributed by atoms with Crippen LogP contribution in [0.15, 0.2) is 24.3 Å². The zero-order valence-corrected chi connectivity index (χ0v) is 15.2. The smallest absolute Gasteiger partial charge is 0.238 e. The maximum absolute atomic E-state index is 12.3. The Morgan fingerprint density at radius 2 is 2.13 bits per heavy atom. The maximum Gasteiger partial charge on any atom is 0.238 e. The molecule has 2 rings (SSSR count). The fraction of sp³-hybridized carbons (Fsp3) is 0.611. The van der Waals surface area contributed by atoms with Gasteiger partial charge in [-0.05, 0) is 55.8 Å². The number of benzene rings is 1. The molecule has 1 aliphatic heterocycles. The number of piperidine rings is 1. The van der Waals surface area contributed by atoms with Crippen molar-refractivity contribution < 1.29 is 4.79 Å². The summed E-state index contributed by atoms with van der Waals surface area (Å²) in [5, 5.41) is 3.02. The van der Waals surface area contributed by atoms with Gasteiger partial charge in [-0.25, -0.2) is 0 Å². The molecule has 2 unspecified atom stereocenters. The second-order valence-electron chi connectivity index (χ2n) is 6.82. The van der Waals surface area contributed by atoms with Gasteiger partial charge >= 0.3 is 0 Å². The minimum atomic E-state index is 0. The van der Waals surface area contributed by atoms with Crippen molar-refractivity contribution >= 4 is 24.0 Å². The van der Waals surface area contributed by atoms with Crippen LogP contribution in [-0.4, -0.2) is 36.5 Å². The molecule has 0 radical (unpaired) electrons. The number of nitrogens with two attached hydrogens (primary N) is 1. The lowest BCUT2D eigenvalue weighted by atomic mass is 9.92. The number of anilines is 1. The molecule has 1 aliphatic rings. The molecule has 0 aromatic heterocycles. The zero-order valence-electron chi connectivity index (χ0n) is 14.4. The van der Waals surface area contributed by atoms with Crippen LogP contribution < -0.4 is 11.1 Å². The first kappa shape index (κ1) is 19.9. The van der Waals surface area contributed by atoms with Gasteiger partial charge in [-0.2, -0.15) is 0 Å². The summed E-state index contributed by atoms with van der Waals surface area (Å²) in [4.78, 5) is 14.5. The summed E-state index contributed by atoms with van der Waals surface area (Å²) < 4.78 is 0. The molecule has 1 aromatic rings. The van der Waals surface area contributed by atoms with Crippen molar-refractivity contribution in [1.29, 1.82) is 0 Å². The van der Waals surface area contributed by atoms with Crippen LogP contribution in [0.2, 0.25) is 0 Å². The van der Waals surface area contributed by atoms with E-state index >= 15 is 0 Å². The van der Waals surface area contributed by atoms with E-state index in [-0.39, 0.29) is 24.4 Å². The number of nitrogens with one attached hydrogen (secondary N) is 1. The minimum absolute atomic E-state index is 0. The Labute approximate surface area is 146 Å². The molecule has 130 valence electrons. The minimum Gasteiger partial charge on any atom is -0.328 e. The molecule has 0 saturated carbocycles. The Kier molecular flexibility index (Phi) is 8.03. The van der Waals surface area contributed by atoms with E-state index in [0.29, 0.717) is 18.4 Å². The van der Waals surface area contributed by atoms with Gasteiger partial charge in [0.05, 0.1) is 6.54 Å². The fourth-order valence-electron chi connectivity index (χ4n) is 3.04. The van der Waals surface area contributed by atoms with Crippen LogP contribution in [0.1, 0.15) is 45.1 Å². The second-order valence-corrected chi connectivity index (χ2v) is 6.82. The molecule has 3 N–H and O–H groups in total. The first-order valence-corrected chi connectivity index (χ1v) is 8.33. The quantitative estimate of drug-likeness (QED) is 0.865. The number of likely N-dealkylation sites (tertiary alicyclic amines) is 1. The Morgan fingerprint density at radius 1 is 1.39 bits per heavy atom. The van der Waals surface area contributed by atoms with Gasteiger partial charge in [0.15, 0.2) is 0 Å². The largest absolute Gasteiger partial charge is 0.328 e. The molecule has 0 aliphatic carbocycles. The number of halogens is 1. The Balaban J connectivity index is 0.00000264. The molecule has 0 spiro atoms. The molecule has 2 atom stereocenters. The summed E-state index contributed by atoms with van der Waals surface area (Å²) in [6.45, 7) is 8.74. The van der Waals surface area contributed by atoms with Crippen molar-refractivity contribution in [1.82, 2.24) is 4.90 Å². The Morgan fingerprint density at radius 3 is 2.78 bits per heavy atom. The third-order valence-electron chi connectivity index (χ3n) is 4.49. The molecule has 1 aromatic carbocycles. The van der Waals surface area contributed by atoms with Crippen LogP contribution in [0.5, 0.6) is 0 Å². The number of rotatable bonds is 5. The van der Waals surface area contributed by atoms with Crippen molar-refractivity contribution in [2.45, 2.75) is 45.6 Å². The zero-order chi connectivity index (χ0) is 16.1. The fourth-order valence-corrected chi connectivity index (χ4v) is 3.04. The predicted molar refractivity (Wildman–Crippen MR) is 99.2 cm³/mol. The highest BCUT2D eigenvalue weighted by atomic mass is 35.5. The van der Waals surface area contributed by atoms with E-state index in [1.807, 2.05) is 12.1 Å². The van der Waals surface area contributed by atoms with Crippen molar-refractivity contribution in [2.75, 3.05) is 25.0 Å². The van der Waals surface area contributed by atoms with E-state index in [9.17, 15) is 4.79 Å². The summed E-state index contributed by atoms with van der Waals surface area (Å²) in [7, 11) is 0. The molecule has 1 saturated heterocycles. The first-order valence-electron chi connectivity index (χ1n) is 8.33. The highest BCUT2D eigenvalue weighted by Gasteiger charge is 2.23. The van der Waals surface area contributed by atoms with E-state index in [2.05, 4.69) is 43.1 Å². The molecule has 1 heterocycles. The number of nitrogens with zero attached hydrogens (tertiary/aromatic N) is 1. The van der Waals surface area contributed by atoms with E-state index in [1.54, 1.807) is 0 Å². The maximum atomic E-state index is 12.3. The van der Waals surface area contributed by atoms with E-state index in [1.165, 1.54) is 12.0 Å². The van der Waals surface area contributed by atoms with Crippen LogP contribution in [0.3, 0.4) is 0 Å². The lowest BCUT2D eigenvalue weighted by Gasteiger charge is -2.34. The molecule has 23 heavy (non-hydrogen) atoms. The summed E-state index contributed by atoms with van der Waals surface area (Å²) in [5.74, 6) is 1.03. The molecular formula is C18H30ClN3O. The number of hydrogen-bond donors (Lipinski definition) is 2. The third kappa shape index (κ3) is 6.13. The van der Waals surface area contributed by atoms with Crippen LogP contribution in [0.25, 0.3) is 0 Å². The molecule has 1 amide bonds. The monoisotopic (exact) mass is 339 g/mol. The van der Waals surface area contributed by atoms with Crippen LogP contribution in [0.4, 0.5) is 5.69 Å². The summed E-state index contributed by atoms with van der Waals surface area (Å²) in [6.07, 6.45) is 2.30. The Bertz CT molecular complexity index is 505. The van der Waals surface area contributed by atoms with Crippen LogP contribution in [0, 0.1) is 5.92 Å². The molecule has 1 fully saturated rings. The molecule has 4 nitrogen and oxygen atoms in total. The van der Waals surface area contributed by atoms with E-state index in [4.69, 9.17) is 5.73 Å². The van der Waals surface area contributed by atoms with E-state index < -0.39 is 0 Å². The molecule has 0 bridgehead atoms. The molecular weight excluding hydrogens is 310 g/mol. The van der Waals surface area contributed by atoms with Gasteiger partial charge in [-0.15, -0.1) is 12.4 Å². The summed E-state index contributed by atoms with van der Waals surface area (Å²) in [5.41, 5.74) is 8.13. The summed E-state index contributed by atoms with van der Waals surface area (Å²) in [6, 6.07) is 8.30. The van der Waals surface area contributed by atoms with Gasteiger partial charge in [0, 0.05) is 18.3 Å². The third-order valence-corrected chi connectivity index (χ3v) is 4.49. The van der Waals surface area contributed by atoms with Gasteiger partial charge in [0.2, 0.25) is 5.91 Å². The molecule has 5 heteroatoms. The number of hydrogen-bond acceptors (Lipinski definition) is 3. The van der Waals surface area contributed by atoms with Crippen LogP contribution >= 0.6 is 12.4 Å². The Hall–Kier alpha value is -1.10. The predicted octanol–water partition coefficient (Wildman–Crippen LogP) is 3.23. The second kappa shape index (κ2) is 9.26. The van der Waals surface area contributed by atoms with Gasteiger partial charge in [0.1, 0.15) is 0 Å². The van der Waals surface area contributed by atoms with Crippen molar-refractivity contribution in [3.8, 4) is 0 Å². The van der Waals surface area contributed by atoms with E-state index in [0.717, 1.165) is 25.2 Å². The summed E-state index contributed by atoms with van der Waals surface area (Å²) >= 11 is 0. The lowest BCUT2D eigenvalue weighted by Crippen LogP contribution is -2.45. The number of carbonyl (C=O) groups is 1. The SMILES string of the molecule is CC(C)c1cccc(NC(=O)CN2CCCC(C(C)N)C2)c1.Cl. The number of carbonyl (C=O) groups excluding carboxylic acids is 1.